The molecule has 2 saturated heterocycles. The molecular formula is C15H29NO2. The van der Waals surface area contributed by atoms with Gasteiger partial charge in [0, 0.05) is 25.9 Å². The van der Waals surface area contributed by atoms with Crippen LogP contribution in [0.4, 0.5) is 0 Å². The predicted molar refractivity (Wildman–Crippen MR) is 73.8 cm³/mol. The highest BCUT2D eigenvalue weighted by Gasteiger charge is 2.24. The van der Waals surface area contributed by atoms with Gasteiger partial charge in [-0.3, -0.25) is 0 Å². The maximum absolute atomic E-state index is 5.79. The third-order valence-electron chi connectivity index (χ3n) is 4.21. The largest absolute Gasteiger partial charge is 0.381 e. The van der Waals surface area contributed by atoms with Crippen molar-refractivity contribution in [1.82, 2.24) is 5.32 Å². The van der Waals surface area contributed by atoms with Crippen molar-refractivity contribution in [2.45, 2.75) is 64.0 Å². The summed E-state index contributed by atoms with van der Waals surface area (Å²) in [5.74, 6) is 0.856. The van der Waals surface area contributed by atoms with Crippen LogP contribution in [0.2, 0.25) is 0 Å². The van der Waals surface area contributed by atoms with E-state index in [2.05, 4.69) is 12.2 Å². The number of rotatable bonds is 7. The van der Waals surface area contributed by atoms with Crippen LogP contribution in [-0.4, -0.2) is 38.5 Å². The molecule has 2 unspecified atom stereocenters. The van der Waals surface area contributed by atoms with Gasteiger partial charge in [0.1, 0.15) is 0 Å². The highest BCUT2D eigenvalue weighted by molar-refractivity contribution is 4.78. The zero-order valence-electron chi connectivity index (χ0n) is 11.8. The van der Waals surface area contributed by atoms with E-state index in [1.165, 1.54) is 44.9 Å². The number of hydrogen-bond acceptors (Lipinski definition) is 3. The van der Waals surface area contributed by atoms with Gasteiger partial charge in [-0.2, -0.15) is 0 Å². The molecule has 2 rings (SSSR count). The van der Waals surface area contributed by atoms with E-state index < -0.39 is 0 Å². The molecule has 2 atom stereocenters. The predicted octanol–water partition coefficient (Wildman–Crippen LogP) is 2.74. The van der Waals surface area contributed by atoms with Crippen LogP contribution in [0.15, 0.2) is 0 Å². The van der Waals surface area contributed by atoms with Gasteiger partial charge < -0.3 is 14.8 Å². The normalized spacial score (nSPS) is 27.5. The monoisotopic (exact) mass is 255 g/mol. The van der Waals surface area contributed by atoms with Crippen LogP contribution >= 0.6 is 0 Å². The van der Waals surface area contributed by atoms with Crippen LogP contribution in [0.3, 0.4) is 0 Å². The molecule has 106 valence electrons. The first kappa shape index (κ1) is 14.3. The first-order valence-electron chi connectivity index (χ1n) is 7.81. The highest BCUT2D eigenvalue weighted by atomic mass is 16.5. The molecule has 18 heavy (non-hydrogen) atoms. The number of hydrogen-bond donors (Lipinski definition) is 1. The summed E-state index contributed by atoms with van der Waals surface area (Å²) in [7, 11) is 0. The van der Waals surface area contributed by atoms with Crippen LogP contribution in [0, 0.1) is 5.92 Å². The maximum Gasteiger partial charge on any atom is 0.0590 e. The molecule has 0 aromatic heterocycles. The van der Waals surface area contributed by atoms with E-state index in [9.17, 15) is 0 Å². The molecule has 0 radical (unpaired) electrons. The maximum atomic E-state index is 5.79. The fraction of sp³-hybridized carbons (Fsp3) is 1.00. The van der Waals surface area contributed by atoms with Gasteiger partial charge >= 0.3 is 0 Å². The topological polar surface area (TPSA) is 30.5 Å². The van der Waals surface area contributed by atoms with Crippen molar-refractivity contribution in [3.8, 4) is 0 Å². The summed E-state index contributed by atoms with van der Waals surface area (Å²) >= 11 is 0. The van der Waals surface area contributed by atoms with Crippen LogP contribution in [-0.2, 0) is 9.47 Å². The molecule has 2 aliphatic heterocycles. The van der Waals surface area contributed by atoms with Gasteiger partial charge in [-0.1, -0.05) is 6.92 Å². The Bertz CT molecular complexity index is 211. The molecule has 0 aromatic carbocycles. The van der Waals surface area contributed by atoms with E-state index in [1.54, 1.807) is 0 Å². The summed E-state index contributed by atoms with van der Waals surface area (Å²) in [6.07, 6.45) is 9.25. The van der Waals surface area contributed by atoms with Gasteiger partial charge in [0.25, 0.3) is 0 Å². The van der Waals surface area contributed by atoms with Crippen LogP contribution in [0.1, 0.15) is 51.9 Å². The quantitative estimate of drug-likeness (QED) is 0.759. The van der Waals surface area contributed by atoms with E-state index in [1.807, 2.05) is 0 Å². The molecule has 2 heterocycles. The lowest BCUT2D eigenvalue weighted by Crippen LogP contribution is -2.36. The minimum atomic E-state index is 0.513. The first-order valence-corrected chi connectivity index (χ1v) is 7.81. The van der Waals surface area contributed by atoms with Crippen LogP contribution in [0.25, 0.3) is 0 Å². The Morgan fingerprint density at radius 1 is 1.11 bits per heavy atom. The fourth-order valence-electron chi connectivity index (χ4n) is 3.14. The van der Waals surface area contributed by atoms with Crippen molar-refractivity contribution in [2.24, 2.45) is 5.92 Å². The smallest absolute Gasteiger partial charge is 0.0590 e. The summed E-state index contributed by atoms with van der Waals surface area (Å²) in [6, 6.07) is 0.649. The van der Waals surface area contributed by atoms with Gasteiger partial charge in [0.15, 0.2) is 0 Å². The Morgan fingerprint density at radius 3 is 2.61 bits per heavy atom. The second kappa shape index (κ2) is 8.13. The minimum absolute atomic E-state index is 0.513. The molecule has 0 spiro atoms. The SMILES string of the molecule is CCCNC(CC1CCOCC1)CC1CCCO1. The van der Waals surface area contributed by atoms with Crippen LogP contribution in [0.5, 0.6) is 0 Å². The molecule has 0 aliphatic carbocycles. The van der Waals surface area contributed by atoms with Gasteiger partial charge in [0.05, 0.1) is 6.10 Å². The second-order valence-corrected chi connectivity index (χ2v) is 5.81. The lowest BCUT2D eigenvalue weighted by molar-refractivity contribution is 0.0538. The molecule has 2 aliphatic rings. The average Bonchev–Trinajstić information content (AvgIpc) is 2.90. The Balaban J connectivity index is 1.74. The van der Waals surface area contributed by atoms with E-state index in [0.717, 1.165) is 32.3 Å². The Kier molecular flexibility index (Phi) is 6.46. The molecule has 0 aromatic rings. The molecule has 0 amide bonds. The number of nitrogens with one attached hydrogen (secondary N) is 1. The summed E-state index contributed by atoms with van der Waals surface area (Å²) in [4.78, 5) is 0. The molecule has 2 fully saturated rings. The van der Waals surface area contributed by atoms with Gasteiger partial charge in [-0.15, -0.1) is 0 Å². The van der Waals surface area contributed by atoms with E-state index >= 15 is 0 Å². The Labute approximate surface area is 112 Å². The zero-order valence-corrected chi connectivity index (χ0v) is 11.8. The van der Waals surface area contributed by atoms with Crippen molar-refractivity contribution >= 4 is 0 Å². The summed E-state index contributed by atoms with van der Waals surface area (Å²) in [6.45, 7) is 6.28. The fourth-order valence-corrected chi connectivity index (χ4v) is 3.14. The van der Waals surface area contributed by atoms with Crippen molar-refractivity contribution in [2.75, 3.05) is 26.4 Å². The Hall–Kier alpha value is -0.120. The van der Waals surface area contributed by atoms with E-state index in [-0.39, 0.29) is 0 Å². The molecule has 1 N–H and O–H groups in total. The molecular weight excluding hydrogens is 226 g/mol. The van der Waals surface area contributed by atoms with Gasteiger partial charge in [-0.25, -0.2) is 0 Å². The average molecular weight is 255 g/mol. The standard InChI is InChI=1S/C15H29NO2/c1-2-7-16-14(12-15-4-3-8-18-15)11-13-5-9-17-10-6-13/h13-16H,2-12H2,1H3. The third kappa shape index (κ3) is 4.87. The lowest BCUT2D eigenvalue weighted by Gasteiger charge is -2.28. The number of ether oxygens (including phenoxy) is 2. The van der Waals surface area contributed by atoms with Crippen molar-refractivity contribution in [3.05, 3.63) is 0 Å². The first-order chi connectivity index (χ1) is 8.88. The minimum Gasteiger partial charge on any atom is -0.381 e. The van der Waals surface area contributed by atoms with Gasteiger partial charge in [0.2, 0.25) is 0 Å². The molecule has 0 saturated carbocycles. The summed E-state index contributed by atoms with van der Waals surface area (Å²) in [5.41, 5.74) is 0. The summed E-state index contributed by atoms with van der Waals surface area (Å²) < 4.78 is 11.2. The van der Waals surface area contributed by atoms with Gasteiger partial charge in [-0.05, 0) is 57.4 Å². The van der Waals surface area contributed by atoms with Crippen molar-refractivity contribution < 1.29 is 9.47 Å². The molecule has 3 heteroatoms. The molecule has 3 nitrogen and oxygen atoms in total. The van der Waals surface area contributed by atoms with Crippen molar-refractivity contribution in [1.29, 1.82) is 0 Å². The molecule has 0 bridgehead atoms. The van der Waals surface area contributed by atoms with E-state index in [4.69, 9.17) is 9.47 Å². The van der Waals surface area contributed by atoms with Crippen molar-refractivity contribution in [3.63, 3.8) is 0 Å². The van der Waals surface area contributed by atoms with Crippen LogP contribution < -0.4 is 5.32 Å². The second-order valence-electron chi connectivity index (χ2n) is 5.81. The highest BCUT2D eigenvalue weighted by Crippen LogP contribution is 2.24. The summed E-state index contributed by atoms with van der Waals surface area (Å²) in [5, 5.41) is 3.72. The zero-order chi connectivity index (χ0) is 12.6. The third-order valence-corrected chi connectivity index (χ3v) is 4.21. The Morgan fingerprint density at radius 2 is 1.94 bits per heavy atom. The van der Waals surface area contributed by atoms with E-state index in [0.29, 0.717) is 12.1 Å². The lowest BCUT2D eigenvalue weighted by atomic mass is 9.90.